The lowest BCUT2D eigenvalue weighted by Gasteiger charge is -2.11. The van der Waals surface area contributed by atoms with Gasteiger partial charge in [-0.15, -0.1) is 0 Å². The van der Waals surface area contributed by atoms with Gasteiger partial charge in [0.25, 0.3) is 0 Å². The van der Waals surface area contributed by atoms with Crippen LogP contribution in [0.15, 0.2) is 72.8 Å². The first-order valence-corrected chi connectivity index (χ1v) is 10.4. The molecule has 136 valence electrons. The van der Waals surface area contributed by atoms with Gasteiger partial charge in [0.1, 0.15) is 0 Å². The summed E-state index contributed by atoms with van der Waals surface area (Å²) in [5, 5.41) is 6.98. The van der Waals surface area contributed by atoms with Gasteiger partial charge in [-0.05, 0) is 48.0 Å². The Labute approximate surface area is 158 Å². The molecule has 6 heteroatoms. The van der Waals surface area contributed by atoms with E-state index in [-0.39, 0.29) is 0 Å². The van der Waals surface area contributed by atoms with E-state index in [2.05, 4.69) is 40.2 Å². The van der Waals surface area contributed by atoms with Gasteiger partial charge in [-0.1, -0.05) is 42.5 Å². The maximum Gasteiger partial charge on any atom is 0.229 e. The molecule has 0 radical (unpaired) electrons. The summed E-state index contributed by atoms with van der Waals surface area (Å²) in [5.41, 5.74) is 4.40. The molecule has 0 saturated carbocycles. The summed E-state index contributed by atoms with van der Waals surface area (Å²) in [7, 11) is -3.30. The first-order chi connectivity index (χ1) is 12.9. The normalized spacial score (nSPS) is 11.6. The van der Waals surface area contributed by atoms with E-state index >= 15 is 0 Å². The second-order valence-electron chi connectivity index (χ2n) is 6.53. The Morgan fingerprint density at radius 3 is 2.37 bits per heavy atom. The molecule has 1 heterocycles. The molecule has 4 rings (SSSR count). The minimum atomic E-state index is -3.30. The van der Waals surface area contributed by atoms with Gasteiger partial charge in [0.2, 0.25) is 10.0 Å². The van der Waals surface area contributed by atoms with E-state index < -0.39 is 10.0 Å². The van der Waals surface area contributed by atoms with Crippen molar-refractivity contribution < 1.29 is 8.42 Å². The molecule has 0 atom stereocenters. The van der Waals surface area contributed by atoms with Gasteiger partial charge < -0.3 is 0 Å². The molecule has 0 aliphatic rings. The average Bonchev–Trinajstić information content (AvgIpc) is 3.02. The first-order valence-electron chi connectivity index (χ1n) is 8.54. The molecule has 0 aliphatic carbocycles. The third-order valence-electron chi connectivity index (χ3n) is 4.31. The van der Waals surface area contributed by atoms with Crippen LogP contribution < -0.4 is 4.72 Å². The number of hydrogen-bond acceptors (Lipinski definition) is 3. The van der Waals surface area contributed by atoms with Crippen LogP contribution in [0.5, 0.6) is 0 Å². The second kappa shape index (κ2) is 6.55. The molecule has 0 aliphatic heterocycles. The third kappa shape index (κ3) is 3.57. The van der Waals surface area contributed by atoms with E-state index in [1.807, 2.05) is 41.9 Å². The SMILES string of the molecule is Cc1cc(-c2cccc3ccccc23)n(-c2ccc(NS(C)(=O)=O)cc2)n1. The van der Waals surface area contributed by atoms with Crippen molar-refractivity contribution >= 4 is 26.5 Å². The van der Waals surface area contributed by atoms with E-state index in [4.69, 9.17) is 0 Å². The van der Waals surface area contributed by atoms with Crippen LogP contribution in [0.1, 0.15) is 5.69 Å². The minimum absolute atomic E-state index is 0.525. The van der Waals surface area contributed by atoms with E-state index in [1.54, 1.807) is 12.1 Å². The number of hydrogen-bond donors (Lipinski definition) is 1. The Balaban J connectivity index is 1.82. The van der Waals surface area contributed by atoms with Crippen LogP contribution in [0.25, 0.3) is 27.7 Å². The van der Waals surface area contributed by atoms with Gasteiger partial charge in [-0.2, -0.15) is 5.10 Å². The van der Waals surface area contributed by atoms with Gasteiger partial charge in [-0.3, -0.25) is 4.72 Å². The number of aryl methyl sites for hydroxylation is 1. The van der Waals surface area contributed by atoms with Crippen molar-refractivity contribution in [3.63, 3.8) is 0 Å². The summed E-state index contributed by atoms with van der Waals surface area (Å²) in [5.74, 6) is 0. The van der Waals surface area contributed by atoms with Gasteiger partial charge in [0.15, 0.2) is 0 Å². The van der Waals surface area contributed by atoms with Crippen LogP contribution >= 0.6 is 0 Å². The van der Waals surface area contributed by atoms with Crippen molar-refractivity contribution in [1.29, 1.82) is 0 Å². The number of sulfonamides is 1. The van der Waals surface area contributed by atoms with Gasteiger partial charge in [0, 0.05) is 11.3 Å². The second-order valence-corrected chi connectivity index (χ2v) is 8.28. The number of nitrogens with one attached hydrogen (secondary N) is 1. The smallest absolute Gasteiger partial charge is 0.229 e. The molecule has 3 aromatic carbocycles. The van der Waals surface area contributed by atoms with Crippen LogP contribution in [0.3, 0.4) is 0 Å². The Bertz CT molecular complexity index is 1220. The summed E-state index contributed by atoms with van der Waals surface area (Å²) in [6, 6.07) is 23.7. The molecule has 4 aromatic rings. The van der Waals surface area contributed by atoms with Crippen LogP contribution in [-0.4, -0.2) is 24.5 Å². The van der Waals surface area contributed by atoms with Gasteiger partial charge in [0.05, 0.1) is 23.3 Å². The quantitative estimate of drug-likeness (QED) is 0.574. The van der Waals surface area contributed by atoms with Crippen LogP contribution in [0.2, 0.25) is 0 Å². The fraction of sp³-hybridized carbons (Fsp3) is 0.0952. The maximum atomic E-state index is 11.4. The average molecular weight is 377 g/mol. The molecule has 0 unspecified atom stereocenters. The van der Waals surface area contributed by atoms with Crippen molar-refractivity contribution in [1.82, 2.24) is 9.78 Å². The Morgan fingerprint density at radius 2 is 1.63 bits per heavy atom. The molecule has 1 N–H and O–H groups in total. The largest absolute Gasteiger partial charge is 0.284 e. The highest BCUT2D eigenvalue weighted by molar-refractivity contribution is 7.92. The van der Waals surface area contributed by atoms with E-state index in [0.717, 1.165) is 34.3 Å². The minimum Gasteiger partial charge on any atom is -0.284 e. The predicted molar refractivity (Wildman–Crippen MR) is 110 cm³/mol. The molecule has 5 nitrogen and oxygen atoms in total. The Hall–Kier alpha value is -3.12. The molecule has 0 saturated heterocycles. The number of anilines is 1. The molecule has 0 fully saturated rings. The fourth-order valence-electron chi connectivity index (χ4n) is 3.22. The number of benzene rings is 3. The topological polar surface area (TPSA) is 64.0 Å². The standard InChI is InChI=1S/C21H19N3O2S/c1-15-14-21(20-9-5-7-16-6-3-4-8-19(16)20)24(22-15)18-12-10-17(11-13-18)23-27(2,25)26/h3-14,23H,1-2H3. The summed E-state index contributed by atoms with van der Waals surface area (Å²) in [6.45, 7) is 1.96. The zero-order chi connectivity index (χ0) is 19.0. The van der Waals surface area contributed by atoms with Crippen molar-refractivity contribution in [3.05, 3.63) is 78.5 Å². The van der Waals surface area contributed by atoms with E-state index in [9.17, 15) is 8.42 Å². The summed E-state index contributed by atoms with van der Waals surface area (Å²) < 4.78 is 27.2. The summed E-state index contributed by atoms with van der Waals surface area (Å²) in [4.78, 5) is 0. The van der Waals surface area contributed by atoms with Crippen molar-refractivity contribution in [2.75, 3.05) is 11.0 Å². The molecular formula is C21H19N3O2S. The van der Waals surface area contributed by atoms with Crippen molar-refractivity contribution in [2.24, 2.45) is 0 Å². The van der Waals surface area contributed by atoms with Crippen molar-refractivity contribution in [3.8, 4) is 16.9 Å². The molecular weight excluding hydrogens is 358 g/mol. The maximum absolute atomic E-state index is 11.4. The highest BCUT2D eigenvalue weighted by Crippen LogP contribution is 2.31. The highest BCUT2D eigenvalue weighted by Gasteiger charge is 2.13. The number of aromatic nitrogens is 2. The lowest BCUT2D eigenvalue weighted by Crippen LogP contribution is -2.09. The van der Waals surface area contributed by atoms with Crippen LogP contribution in [0, 0.1) is 6.92 Å². The Kier molecular flexibility index (Phi) is 4.20. The molecule has 0 spiro atoms. The number of rotatable bonds is 4. The van der Waals surface area contributed by atoms with Gasteiger partial charge >= 0.3 is 0 Å². The predicted octanol–water partition coefficient (Wildman–Crippen LogP) is 4.37. The summed E-state index contributed by atoms with van der Waals surface area (Å²) >= 11 is 0. The molecule has 0 amide bonds. The monoisotopic (exact) mass is 377 g/mol. The fourth-order valence-corrected chi connectivity index (χ4v) is 3.79. The number of fused-ring (bicyclic) bond motifs is 1. The zero-order valence-electron chi connectivity index (χ0n) is 15.0. The van der Waals surface area contributed by atoms with Crippen LogP contribution in [0.4, 0.5) is 5.69 Å². The zero-order valence-corrected chi connectivity index (χ0v) is 15.9. The molecule has 1 aromatic heterocycles. The lowest BCUT2D eigenvalue weighted by molar-refractivity contribution is 0.607. The van der Waals surface area contributed by atoms with E-state index in [0.29, 0.717) is 5.69 Å². The molecule has 0 bridgehead atoms. The lowest BCUT2D eigenvalue weighted by atomic mass is 10.0. The highest BCUT2D eigenvalue weighted by atomic mass is 32.2. The van der Waals surface area contributed by atoms with Crippen LogP contribution in [-0.2, 0) is 10.0 Å². The van der Waals surface area contributed by atoms with E-state index in [1.165, 1.54) is 5.39 Å². The number of nitrogens with zero attached hydrogens (tertiary/aromatic N) is 2. The first kappa shape index (κ1) is 17.3. The van der Waals surface area contributed by atoms with Gasteiger partial charge in [-0.25, -0.2) is 13.1 Å². The molecule has 27 heavy (non-hydrogen) atoms. The van der Waals surface area contributed by atoms with Crippen molar-refractivity contribution in [2.45, 2.75) is 6.92 Å². The Morgan fingerprint density at radius 1 is 0.926 bits per heavy atom. The summed E-state index contributed by atoms with van der Waals surface area (Å²) in [6.07, 6.45) is 1.14. The third-order valence-corrected chi connectivity index (χ3v) is 4.92.